The Bertz CT molecular complexity index is 685. The smallest absolute Gasteiger partial charge is 0.267 e. The molecule has 0 heterocycles. The Balaban J connectivity index is 2.00. The van der Waals surface area contributed by atoms with Gasteiger partial charge in [0.1, 0.15) is 0 Å². The molecule has 2 aromatic carbocycles. The van der Waals surface area contributed by atoms with E-state index in [9.17, 15) is 4.79 Å². The van der Waals surface area contributed by atoms with Crippen LogP contribution in [0.25, 0.3) is 0 Å². The van der Waals surface area contributed by atoms with E-state index in [0.717, 1.165) is 10.0 Å². The average molecular weight is 359 g/mol. The van der Waals surface area contributed by atoms with Crippen LogP contribution in [0.3, 0.4) is 0 Å². The zero-order valence-electron chi connectivity index (χ0n) is 12.9. The van der Waals surface area contributed by atoms with E-state index in [1.807, 2.05) is 48.5 Å². The highest BCUT2D eigenvalue weighted by atomic mass is 79.9. The van der Waals surface area contributed by atoms with Crippen molar-refractivity contribution in [1.29, 1.82) is 0 Å². The molecule has 0 radical (unpaired) electrons. The molecule has 0 aliphatic carbocycles. The van der Waals surface area contributed by atoms with Crippen molar-refractivity contribution in [2.75, 3.05) is 0 Å². The second kappa shape index (κ2) is 6.88. The van der Waals surface area contributed by atoms with E-state index in [0.29, 0.717) is 5.56 Å². The van der Waals surface area contributed by atoms with Crippen molar-refractivity contribution >= 4 is 28.1 Å². The summed E-state index contributed by atoms with van der Waals surface area (Å²) in [5.41, 5.74) is 5.32. The molecular weight excluding hydrogens is 340 g/mol. The van der Waals surface area contributed by atoms with Gasteiger partial charge in [-0.15, -0.1) is 0 Å². The molecule has 0 spiro atoms. The topological polar surface area (TPSA) is 41.5 Å². The Morgan fingerprint density at radius 2 is 1.82 bits per heavy atom. The third-order valence-corrected chi connectivity index (χ3v) is 3.73. The first-order valence-electron chi connectivity index (χ1n) is 7.06. The Morgan fingerprint density at radius 3 is 2.41 bits per heavy atom. The van der Waals surface area contributed by atoms with Crippen molar-refractivity contribution in [2.24, 2.45) is 5.10 Å². The molecule has 3 nitrogen and oxygen atoms in total. The van der Waals surface area contributed by atoms with Crippen LogP contribution in [0.4, 0.5) is 0 Å². The van der Waals surface area contributed by atoms with E-state index in [1.165, 1.54) is 5.56 Å². The van der Waals surface area contributed by atoms with Crippen molar-refractivity contribution < 1.29 is 4.79 Å². The van der Waals surface area contributed by atoms with Crippen LogP contribution in [0, 0.1) is 0 Å². The van der Waals surface area contributed by atoms with Gasteiger partial charge in [-0.1, -0.05) is 61.0 Å². The van der Waals surface area contributed by atoms with E-state index >= 15 is 0 Å². The lowest BCUT2D eigenvalue weighted by Crippen LogP contribution is -2.18. The molecule has 2 rings (SSSR count). The Labute approximate surface area is 139 Å². The lowest BCUT2D eigenvalue weighted by Gasteiger charge is -2.18. The van der Waals surface area contributed by atoms with Crippen LogP contribution in [-0.2, 0) is 5.41 Å². The van der Waals surface area contributed by atoms with Gasteiger partial charge in [0.2, 0.25) is 0 Å². The molecule has 22 heavy (non-hydrogen) atoms. The fourth-order valence-electron chi connectivity index (χ4n) is 1.94. The second-order valence-electron chi connectivity index (χ2n) is 6.08. The van der Waals surface area contributed by atoms with Crippen LogP contribution in [-0.4, -0.2) is 12.1 Å². The molecule has 0 atom stereocenters. The molecule has 0 saturated heterocycles. The largest absolute Gasteiger partial charge is 0.271 e. The van der Waals surface area contributed by atoms with E-state index < -0.39 is 0 Å². The molecule has 1 amide bonds. The molecule has 0 aromatic heterocycles. The van der Waals surface area contributed by atoms with Gasteiger partial charge >= 0.3 is 0 Å². The maximum Gasteiger partial charge on any atom is 0.271 e. The van der Waals surface area contributed by atoms with Gasteiger partial charge in [-0.2, -0.15) is 5.10 Å². The minimum Gasteiger partial charge on any atom is -0.267 e. The number of hydrogen-bond acceptors (Lipinski definition) is 2. The minimum atomic E-state index is -0.216. The maximum absolute atomic E-state index is 12.0. The summed E-state index contributed by atoms with van der Waals surface area (Å²) in [6, 6.07) is 15.3. The third-order valence-electron chi connectivity index (χ3n) is 3.24. The quantitative estimate of drug-likeness (QED) is 0.636. The normalized spacial score (nSPS) is 11.6. The SMILES string of the molecule is CC(C)(C)c1ccc(C(=O)N/N=C/c2cccc(Br)c2)cc1. The zero-order valence-corrected chi connectivity index (χ0v) is 14.5. The number of amides is 1. The number of halogens is 1. The molecule has 0 aliphatic heterocycles. The van der Waals surface area contributed by atoms with Gasteiger partial charge in [-0.05, 0) is 40.8 Å². The number of nitrogens with zero attached hydrogens (tertiary/aromatic N) is 1. The van der Waals surface area contributed by atoms with Gasteiger partial charge in [0.25, 0.3) is 5.91 Å². The fourth-order valence-corrected chi connectivity index (χ4v) is 2.36. The van der Waals surface area contributed by atoms with E-state index in [2.05, 4.69) is 47.2 Å². The summed E-state index contributed by atoms with van der Waals surface area (Å²) in [6.07, 6.45) is 1.62. The molecule has 2 aromatic rings. The summed E-state index contributed by atoms with van der Waals surface area (Å²) < 4.78 is 0.973. The highest BCUT2D eigenvalue weighted by molar-refractivity contribution is 9.10. The van der Waals surface area contributed by atoms with Gasteiger partial charge in [-0.3, -0.25) is 4.79 Å². The highest BCUT2D eigenvalue weighted by Crippen LogP contribution is 2.22. The number of hydrazone groups is 1. The molecule has 114 valence electrons. The monoisotopic (exact) mass is 358 g/mol. The predicted octanol–water partition coefficient (Wildman–Crippen LogP) is 4.51. The summed E-state index contributed by atoms with van der Waals surface area (Å²) in [7, 11) is 0. The Morgan fingerprint density at radius 1 is 1.14 bits per heavy atom. The van der Waals surface area contributed by atoms with Gasteiger partial charge in [0.15, 0.2) is 0 Å². The molecule has 0 saturated carbocycles. The zero-order chi connectivity index (χ0) is 16.2. The van der Waals surface area contributed by atoms with Gasteiger partial charge in [0, 0.05) is 10.0 Å². The maximum atomic E-state index is 12.0. The highest BCUT2D eigenvalue weighted by Gasteiger charge is 2.14. The molecule has 0 aliphatic rings. The Hall–Kier alpha value is -1.94. The van der Waals surface area contributed by atoms with Crippen LogP contribution in [0.5, 0.6) is 0 Å². The lowest BCUT2D eigenvalue weighted by atomic mass is 9.87. The van der Waals surface area contributed by atoms with Crippen LogP contribution < -0.4 is 5.43 Å². The van der Waals surface area contributed by atoms with Crippen LogP contribution in [0.2, 0.25) is 0 Å². The van der Waals surface area contributed by atoms with E-state index in [4.69, 9.17) is 0 Å². The van der Waals surface area contributed by atoms with Crippen molar-refractivity contribution in [2.45, 2.75) is 26.2 Å². The van der Waals surface area contributed by atoms with Gasteiger partial charge in [-0.25, -0.2) is 5.43 Å². The molecular formula is C18H19BrN2O. The number of carbonyl (C=O) groups is 1. The van der Waals surface area contributed by atoms with E-state index in [1.54, 1.807) is 6.21 Å². The first kappa shape index (κ1) is 16.4. The van der Waals surface area contributed by atoms with Crippen molar-refractivity contribution in [3.05, 3.63) is 69.7 Å². The van der Waals surface area contributed by atoms with Crippen molar-refractivity contribution in [3.8, 4) is 0 Å². The van der Waals surface area contributed by atoms with Crippen molar-refractivity contribution in [3.63, 3.8) is 0 Å². The summed E-state index contributed by atoms with van der Waals surface area (Å²) in [4.78, 5) is 12.0. The first-order chi connectivity index (χ1) is 10.4. The second-order valence-corrected chi connectivity index (χ2v) is 7.00. The Kier molecular flexibility index (Phi) is 5.14. The third kappa shape index (κ3) is 4.53. The molecule has 0 unspecified atom stereocenters. The van der Waals surface area contributed by atoms with Gasteiger partial charge in [0.05, 0.1) is 6.21 Å². The summed E-state index contributed by atoms with van der Waals surface area (Å²) in [5.74, 6) is -0.216. The predicted molar refractivity (Wildman–Crippen MR) is 94.3 cm³/mol. The summed E-state index contributed by atoms with van der Waals surface area (Å²) in [5, 5.41) is 3.98. The molecule has 0 bridgehead atoms. The first-order valence-corrected chi connectivity index (χ1v) is 7.85. The number of rotatable bonds is 3. The fraction of sp³-hybridized carbons (Fsp3) is 0.222. The number of carbonyl (C=O) groups excluding carboxylic acids is 1. The molecule has 0 fully saturated rings. The molecule has 1 N–H and O–H groups in total. The van der Waals surface area contributed by atoms with Crippen molar-refractivity contribution in [1.82, 2.24) is 5.43 Å². The van der Waals surface area contributed by atoms with E-state index in [-0.39, 0.29) is 11.3 Å². The standard InChI is InChI=1S/C18H19BrN2O/c1-18(2,3)15-9-7-14(8-10-15)17(22)21-20-12-13-5-4-6-16(19)11-13/h4-12H,1-3H3,(H,21,22)/b20-12+. The summed E-state index contributed by atoms with van der Waals surface area (Å²) in [6.45, 7) is 6.43. The van der Waals surface area contributed by atoms with Crippen LogP contribution in [0.15, 0.2) is 58.1 Å². The van der Waals surface area contributed by atoms with Crippen LogP contribution in [0.1, 0.15) is 42.3 Å². The number of benzene rings is 2. The van der Waals surface area contributed by atoms with Gasteiger partial charge < -0.3 is 0 Å². The minimum absolute atomic E-state index is 0.0772. The lowest BCUT2D eigenvalue weighted by molar-refractivity contribution is 0.0955. The average Bonchev–Trinajstić information content (AvgIpc) is 2.46. The number of hydrogen-bond donors (Lipinski definition) is 1. The number of nitrogens with one attached hydrogen (secondary N) is 1. The van der Waals surface area contributed by atoms with Crippen LogP contribution >= 0.6 is 15.9 Å². The summed E-state index contributed by atoms with van der Waals surface area (Å²) >= 11 is 3.39. The molecule has 4 heteroatoms.